The maximum Gasteiger partial charge on any atom is 0.262 e. The minimum Gasteiger partial charge on any atom is -0.496 e. The number of rotatable bonds is 6. The smallest absolute Gasteiger partial charge is 0.262 e. The van der Waals surface area contributed by atoms with Crippen molar-refractivity contribution >= 4 is 17.5 Å². The molecule has 7 heteroatoms. The van der Waals surface area contributed by atoms with Crippen molar-refractivity contribution in [1.29, 1.82) is 0 Å². The van der Waals surface area contributed by atoms with E-state index in [-0.39, 0.29) is 30.1 Å². The molecule has 1 aliphatic heterocycles. The van der Waals surface area contributed by atoms with E-state index < -0.39 is 6.04 Å². The Hall–Kier alpha value is -3.22. The topological polar surface area (TPSA) is 62.2 Å². The van der Waals surface area contributed by atoms with Crippen LogP contribution in [0.15, 0.2) is 53.6 Å². The average molecular weight is 409 g/mol. The van der Waals surface area contributed by atoms with Gasteiger partial charge in [0.15, 0.2) is 0 Å². The molecule has 1 unspecified atom stereocenters. The van der Waals surface area contributed by atoms with Gasteiger partial charge in [0, 0.05) is 30.5 Å². The second-order valence-electron chi connectivity index (χ2n) is 7.70. The van der Waals surface area contributed by atoms with E-state index in [2.05, 4.69) is 5.10 Å². The van der Waals surface area contributed by atoms with E-state index in [0.29, 0.717) is 23.4 Å². The van der Waals surface area contributed by atoms with Crippen LogP contribution >= 0.6 is 0 Å². The highest BCUT2D eigenvalue weighted by atomic mass is 19.1. The molecular formula is C23H24FN3O3. The van der Waals surface area contributed by atoms with Gasteiger partial charge in [-0.25, -0.2) is 9.40 Å². The molecule has 6 nitrogen and oxygen atoms in total. The zero-order valence-corrected chi connectivity index (χ0v) is 17.0. The fourth-order valence-electron chi connectivity index (χ4n) is 3.78. The first-order chi connectivity index (χ1) is 14.5. The molecule has 2 aliphatic rings. The molecule has 1 fully saturated rings. The van der Waals surface area contributed by atoms with E-state index in [1.807, 2.05) is 24.3 Å². The number of methoxy groups -OCH3 is 1. The lowest BCUT2D eigenvalue weighted by Gasteiger charge is -2.26. The summed E-state index contributed by atoms with van der Waals surface area (Å²) in [6.07, 6.45) is 2.11. The molecule has 0 saturated heterocycles. The number of para-hydroxylation sites is 1. The van der Waals surface area contributed by atoms with Gasteiger partial charge in [-0.2, -0.15) is 5.10 Å². The number of benzene rings is 2. The summed E-state index contributed by atoms with van der Waals surface area (Å²) in [4.78, 5) is 26.9. The third-order valence-corrected chi connectivity index (χ3v) is 5.52. The summed E-state index contributed by atoms with van der Waals surface area (Å²) in [5.74, 6) is -0.0506. The van der Waals surface area contributed by atoms with Crippen LogP contribution in [0.2, 0.25) is 0 Å². The molecule has 1 atom stereocenters. The minimum absolute atomic E-state index is 0.0188. The summed E-state index contributed by atoms with van der Waals surface area (Å²) in [6.45, 7) is -0.0744. The van der Waals surface area contributed by atoms with Crippen LogP contribution in [-0.4, -0.2) is 48.1 Å². The number of ether oxygens (including phenoxy) is 1. The number of hydrazone groups is 1. The number of carbonyl (C=O) groups excluding carboxylic acids is 2. The Kier molecular flexibility index (Phi) is 5.53. The van der Waals surface area contributed by atoms with Gasteiger partial charge in [0.2, 0.25) is 5.91 Å². The molecule has 4 rings (SSSR count). The first-order valence-corrected chi connectivity index (χ1v) is 10.0. The van der Waals surface area contributed by atoms with Crippen molar-refractivity contribution in [2.45, 2.75) is 25.3 Å². The number of amides is 2. The lowest BCUT2D eigenvalue weighted by Crippen LogP contribution is -2.39. The SMILES string of the molecule is COc1ccccc1C1CC(c2ccccc2F)=NN1C(=O)CN(C)C(=O)C1CC1. The summed E-state index contributed by atoms with van der Waals surface area (Å²) < 4.78 is 19.9. The number of hydrogen-bond acceptors (Lipinski definition) is 4. The Morgan fingerprint density at radius 1 is 1.17 bits per heavy atom. The van der Waals surface area contributed by atoms with E-state index in [9.17, 15) is 14.0 Å². The van der Waals surface area contributed by atoms with Gasteiger partial charge in [0.25, 0.3) is 5.91 Å². The van der Waals surface area contributed by atoms with Gasteiger partial charge in [0.05, 0.1) is 18.9 Å². The van der Waals surface area contributed by atoms with E-state index >= 15 is 0 Å². The largest absolute Gasteiger partial charge is 0.496 e. The highest BCUT2D eigenvalue weighted by molar-refractivity contribution is 6.03. The zero-order valence-electron chi connectivity index (χ0n) is 17.0. The Balaban J connectivity index is 1.65. The monoisotopic (exact) mass is 409 g/mol. The van der Waals surface area contributed by atoms with Crippen LogP contribution in [0.4, 0.5) is 4.39 Å². The molecule has 2 aromatic rings. The molecule has 0 N–H and O–H groups in total. The fraction of sp³-hybridized carbons (Fsp3) is 0.348. The van der Waals surface area contributed by atoms with E-state index in [1.165, 1.54) is 16.0 Å². The third-order valence-electron chi connectivity index (χ3n) is 5.52. The van der Waals surface area contributed by atoms with Gasteiger partial charge in [0.1, 0.15) is 18.1 Å². The van der Waals surface area contributed by atoms with Gasteiger partial charge < -0.3 is 9.64 Å². The lowest BCUT2D eigenvalue weighted by molar-refractivity contribution is -0.141. The minimum atomic E-state index is -0.437. The van der Waals surface area contributed by atoms with E-state index in [0.717, 1.165) is 18.4 Å². The zero-order chi connectivity index (χ0) is 21.3. The molecule has 0 bridgehead atoms. The van der Waals surface area contributed by atoms with E-state index in [1.54, 1.807) is 32.4 Å². The van der Waals surface area contributed by atoms with Crippen LogP contribution in [0.3, 0.4) is 0 Å². The third kappa shape index (κ3) is 3.92. The number of likely N-dealkylation sites (N-methyl/N-ethyl adjacent to an activating group) is 1. The number of halogens is 1. The van der Waals surface area contributed by atoms with Crippen molar-refractivity contribution in [3.8, 4) is 5.75 Å². The summed E-state index contributed by atoms with van der Waals surface area (Å²) in [5.41, 5.74) is 1.66. The summed E-state index contributed by atoms with van der Waals surface area (Å²) in [6, 6.07) is 13.4. The van der Waals surface area contributed by atoms with Gasteiger partial charge in [-0.05, 0) is 25.0 Å². The fourth-order valence-corrected chi connectivity index (χ4v) is 3.78. The second kappa shape index (κ2) is 8.26. The Morgan fingerprint density at radius 2 is 1.87 bits per heavy atom. The van der Waals surface area contributed by atoms with Crippen LogP contribution < -0.4 is 4.74 Å². The van der Waals surface area contributed by atoms with Gasteiger partial charge in [-0.15, -0.1) is 0 Å². The van der Waals surface area contributed by atoms with Crippen molar-refractivity contribution in [2.24, 2.45) is 11.0 Å². The van der Waals surface area contributed by atoms with Crippen molar-refractivity contribution in [1.82, 2.24) is 9.91 Å². The highest BCUT2D eigenvalue weighted by Crippen LogP contribution is 2.38. The van der Waals surface area contributed by atoms with Crippen molar-refractivity contribution in [2.75, 3.05) is 20.7 Å². The predicted octanol–water partition coefficient (Wildman–Crippen LogP) is 3.38. The molecular weight excluding hydrogens is 385 g/mol. The molecule has 1 heterocycles. The number of hydrogen-bond donors (Lipinski definition) is 0. The predicted molar refractivity (Wildman–Crippen MR) is 110 cm³/mol. The Morgan fingerprint density at radius 3 is 2.57 bits per heavy atom. The number of nitrogens with zero attached hydrogens (tertiary/aromatic N) is 3. The molecule has 1 saturated carbocycles. The van der Waals surface area contributed by atoms with Crippen LogP contribution in [0, 0.1) is 11.7 Å². The summed E-state index contributed by atoms with van der Waals surface area (Å²) >= 11 is 0. The molecule has 2 aromatic carbocycles. The maximum absolute atomic E-state index is 14.4. The quantitative estimate of drug-likeness (QED) is 0.735. The van der Waals surface area contributed by atoms with Crippen molar-refractivity contribution in [3.63, 3.8) is 0 Å². The molecule has 1 aliphatic carbocycles. The second-order valence-corrected chi connectivity index (χ2v) is 7.70. The Labute approximate surface area is 174 Å². The summed E-state index contributed by atoms with van der Waals surface area (Å²) in [7, 11) is 3.20. The molecule has 0 radical (unpaired) electrons. The molecule has 156 valence electrons. The van der Waals surface area contributed by atoms with E-state index in [4.69, 9.17) is 4.74 Å². The summed E-state index contributed by atoms with van der Waals surface area (Å²) in [5, 5.41) is 5.86. The highest BCUT2D eigenvalue weighted by Gasteiger charge is 2.37. The van der Waals surface area contributed by atoms with Crippen LogP contribution in [0.25, 0.3) is 0 Å². The maximum atomic E-state index is 14.4. The van der Waals surface area contributed by atoms with Crippen molar-refractivity contribution < 1.29 is 18.7 Å². The average Bonchev–Trinajstić information content (AvgIpc) is 3.51. The first-order valence-electron chi connectivity index (χ1n) is 10.0. The molecule has 0 spiro atoms. The first kappa shape index (κ1) is 20.1. The molecule has 30 heavy (non-hydrogen) atoms. The van der Waals surface area contributed by atoms with Gasteiger partial charge in [-0.3, -0.25) is 9.59 Å². The Bertz CT molecular complexity index is 1000. The standard InChI is InChI=1S/C23H24FN3O3/c1-26(23(29)15-11-12-15)14-22(28)27-20(17-8-4-6-10-21(17)30-2)13-19(25-27)16-7-3-5-9-18(16)24/h3-10,15,20H,11-14H2,1-2H3. The van der Waals surface area contributed by atoms with Crippen LogP contribution in [-0.2, 0) is 9.59 Å². The van der Waals surface area contributed by atoms with Gasteiger partial charge in [-0.1, -0.05) is 36.4 Å². The van der Waals surface area contributed by atoms with Crippen LogP contribution in [0.1, 0.15) is 36.4 Å². The van der Waals surface area contributed by atoms with Gasteiger partial charge >= 0.3 is 0 Å². The lowest BCUT2D eigenvalue weighted by atomic mass is 9.97. The number of carbonyl (C=O) groups is 2. The molecule has 2 amide bonds. The molecule has 0 aromatic heterocycles. The van der Waals surface area contributed by atoms with Crippen molar-refractivity contribution in [3.05, 3.63) is 65.5 Å². The normalized spacial score (nSPS) is 18.2. The van der Waals surface area contributed by atoms with Crippen LogP contribution in [0.5, 0.6) is 5.75 Å².